The fraction of sp³-hybridized carbons (Fsp3) is 0.0714. The molecule has 106 valence electrons. The summed E-state index contributed by atoms with van der Waals surface area (Å²) in [5, 5.41) is 8.95. The van der Waals surface area contributed by atoms with Gasteiger partial charge in [0.05, 0.1) is 5.56 Å². The summed E-state index contributed by atoms with van der Waals surface area (Å²) in [6.45, 7) is 0.421. The maximum atomic E-state index is 12.1. The Morgan fingerprint density at radius 1 is 1.24 bits per heavy atom. The van der Waals surface area contributed by atoms with Gasteiger partial charge in [0.25, 0.3) is 5.91 Å². The molecule has 0 saturated heterocycles. The first kappa shape index (κ1) is 13.6. The zero-order chi connectivity index (χ0) is 14.8. The molecular formula is C14H11BrN4O2. The molecule has 2 heterocycles. The highest BCUT2D eigenvalue weighted by atomic mass is 79.9. The number of carbonyl (C=O) groups excluding carboxylic acids is 1. The molecule has 3 rings (SSSR count). The normalized spacial score (nSPS) is 10.7. The minimum Gasteiger partial charge on any atom is -0.348 e. The summed E-state index contributed by atoms with van der Waals surface area (Å²) in [5.74, 6) is -0.243. The second kappa shape index (κ2) is 5.53. The molecule has 0 aliphatic heterocycles. The fourth-order valence-electron chi connectivity index (χ4n) is 1.93. The zero-order valence-electron chi connectivity index (χ0n) is 10.8. The third kappa shape index (κ3) is 2.87. The van der Waals surface area contributed by atoms with Crippen LogP contribution in [0.5, 0.6) is 0 Å². The van der Waals surface area contributed by atoms with Gasteiger partial charge in [0.2, 0.25) is 0 Å². The molecule has 1 amide bonds. The van der Waals surface area contributed by atoms with Gasteiger partial charge in [-0.15, -0.1) is 0 Å². The number of nitrogens with zero attached hydrogens (tertiary/aromatic N) is 2. The Labute approximate surface area is 127 Å². The van der Waals surface area contributed by atoms with Crippen LogP contribution in [0.2, 0.25) is 0 Å². The maximum Gasteiger partial charge on any atom is 0.347 e. The van der Waals surface area contributed by atoms with Crippen LogP contribution in [0, 0.1) is 0 Å². The van der Waals surface area contributed by atoms with Gasteiger partial charge in [-0.2, -0.15) is 5.10 Å². The number of aromatic amines is 1. The van der Waals surface area contributed by atoms with Gasteiger partial charge in [-0.25, -0.2) is 14.3 Å². The average Bonchev–Trinajstić information content (AvgIpc) is 2.87. The van der Waals surface area contributed by atoms with Crippen molar-refractivity contribution in [1.82, 2.24) is 19.9 Å². The van der Waals surface area contributed by atoms with Gasteiger partial charge in [0.1, 0.15) is 0 Å². The molecule has 1 aromatic carbocycles. The maximum absolute atomic E-state index is 12.1. The van der Waals surface area contributed by atoms with Crippen molar-refractivity contribution in [3.63, 3.8) is 0 Å². The molecule has 0 atom stereocenters. The smallest absolute Gasteiger partial charge is 0.347 e. The van der Waals surface area contributed by atoms with Crippen molar-refractivity contribution < 1.29 is 4.79 Å². The Morgan fingerprint density at radius 3 is 2.76 bits per heavy atom. The first-order chi connectivity index (χ1) is 10.1. The fourth-order valence-corrected chi connectivity index (χ4v) is 2.19. The highest BCUT2D eigenvalue weighted by Crippen LogP contribution is 2.10. The molecule has 2 N–H and O–H groups in total. The summed E-state index contributed by atoms with van der Waals surface area (Å²) in [7, 11) is 0. The van der Waals surface area contributed by atoms with Gasteiger partial charge in [-0.1, -0.05) is 28.1 Å². The van der Waals surface area contributed by atoms with Gasteiger partial charge in [-0.05, 0) is 29.8 Å². The van der Waals surface area contributed by atoms with Crippen LogP contribution < -0.4 is 11.0 Å². The van der Waals surface area contributed by atoms with Crippen molar-refractivity contribution in [3.8, 4) is 0 Å². The summed E-state index contributed by atoms with van der Waals surface area (Å²) < 4.78 is 2.29. The molecule has 2 aromatic heterocycles. The Morgan fingerprint density at radius 2 is 2.00 bits per heavy atom. The Kier molecular flexibility index (Phi) is 3.57. The number of rotatable bonds is 3. The lowest BCUT2D eigenvalue weighted by atomic mass is 10.2. The third-order valence-electron chi connectivity index (χ3n) is 3.04. The molecule has 0 fully saturated rings. The summed E-state index contributed by atoms with van der Waals surface area (Å²) in [6.07, 6.45) is 1.47. The lowest BCUT2D eigenvalue weighted by Crippen LogP contribution is -2.23. The zero-order valence-corrected chi connectivity index (χ0v) is 12.4. The van der Waals surface area contributed by atoms with Gasteiger partial charge in [-0.3, -0.25) is 4.79 Å². The van der Waals surface area contributed by atoms with Crippen molar-refractivity contribution in [3.05, 3.63) is 68.7 Å². The predicted molar refractivity (Wildman–Crippen MR) is 81.1 cm³/mol. The number of nitrogens with one attached hydrogen (secondary N) is 2. The summed E-state index contributed by atoms with van der Waals surface area (Å²) in [5.41, 5.74) is 1.51. The number of hydrogen-bond acceptors (Lipinski definition) is 3. The lowest BCUT2D eigenvalue weighted by Gasteiger charge is -2.05. The van der Waals surface area contributed by atoms with Crippen molar-refractivity contribution in [2.45, 2.75) is 6.54 Å². The number of amides is 1. The SMILES string of the molecule is O=C(NCc1ccc(Br)cc1)c1ccc2n[nH]c(=O)n2c1. The third-order valence-corrected chi connectivity index (χ3v) is 3.57. The molecule has 0 radical (unpaired) electrons. The first-order valence-corrected chi connectivity index (χ1v) is 7.02. The van der Waals surface area contributed by atoms with Gasteiger partial charge in [0, 0.05) is 17.2 Å². The predicted octanol–water partition coefficient (Wildman–Crippen LogP) is 1.72. The van der Waals surface area contributed by atoms with E-state index < -0.39 is 0 Å². The van der Waals surface area contributed by atoms with Crippen LogP contribution in [0.25, 0.3) is 5.65 Å². The second-order valence-electron chi connectivity index (χ2n) is 4.48. The molecule has 7 heteroatoms. The van der Waals surface area contributed by atoms with E-state index >= 15 is 0 Å². The molecule has 0 aliphatic rings. The van der Waals surface area contributed by atoms with Crippen LogP contribution in [0.4, 0.5) is 0 Å². The summed E-state index contributed by atoms with van der Waals surface area (Å²) in [4.78, 5) is 23.6. The van der Waals surface area contributed by atoms with Crippen LogP contribution in [0.3, 0.4) is 0 Å². The highest BCUT2D eigenvalue weighted by Gasteiger charge is 2.08. The molecule has 21 heavy (non-hydrogen) atoms. The number of fused-ring (bicyclic) bond motifs is 1. The lowest BCUT2D eigenvalue weighted by molar-refractivity contribution is 0.0950. The highest BCUT2D eigenvalue weighted by molar-refractivity contribution is 9.10. The van der Waals surface area contributed by atoms with Crippen LogP contribution >= 0.6 is 15.9 Å². The minimum absolute atomic E-state index is 0.243. The standard InChI is InChI=1S/C14H11BrN4O2/c15-11-4-1-9(2-5-11)7-16-13(20)10-3-6-12-17-18-14(21)19(12)8-10/h1-6,8H,7H2,(H,16,20)(H,18,21). The van der Waals surface area contributed by atoms with E-state index in [0.717, 1.165) is 10.0 Å². The largest absolute Gasteiger partial charge is 0.348 e. The van der Waals surface area contributed by atoms with E-state index in [0.29, 0.717) is 17.8 Å². The number of H-pyrrole nitrogens is 1. The van der Waals surface area contributed by atoms with Crippen molar-refractivity contribution in [2.75, 3.05) is 0 Å². The van der Waals surface area contributed by atoms with Crippen LogP contribution in [0.1, 0.15) is 15.9 Å². The average molecular weight is 347 g/mol. The topological polar surface area (TPSA) is 79.3 Å². The number of carbonyl (C=O) groups is 1. The number of hydrogen-bond donors (Lipinski definition) is 2. The van der Waals surface area contributed by atoms with Crippen LogP contribution in [-0.4, -0.2) is 20.5 Å². The number of pyridine rings is 1. The van der Waals surface area contributed by atoms with Crippen molar-refractivity contribution >= 4 is 27.5 Å². The first-order valence-electron chi connectivity index (χ1n) is 6.23. The molecule has 0 spiro atoms. The molecule has 3 aromatic rings. The summed E-state index contributed by atoms with van der Waals surface area (Å²) >= 11 is 3.36. The molecule has 0 unspecified atom stereocenters. The number of benzene rings is 1. The van der Waals surface area contributed by atoms with Gasteiger partial charge < -0.3 is 5.32 Å². The van der Waals surface area contributed by atoms with Crippen LogP contribution in [-0.2, 0) is 6.54 Å². The second-order valence-corrected chi connectivity index (χ2v) is 5.40. The van der Waals surface area contributed by atoms with E-state index in [1.807, 2.05) is 24.3 Å². The Hall–Kier alpha value is -2.41. The molecule has 6 nitrogen and oxygen atoms in total. The van der Waals surface area contributed by atoms with Gasteiger partial charge >= 0.3 is 5.69 Å². The molecular weight excluding hydrogens is 336 g/mol. The monoisotopic (exact) mass is 346 g/mol. The van der Waals surface area contributed by atoms with E-state index in [-0.39, 0.29) is 11.6 Å². The molecule has 0 aliphatic carbocycles. The van der Waals surface area contributed by atoms with Crippen molar-refractivity contribution in [2.24, 2.45) is 0 Å². The van der Waals surface area contributed by atoms with E-state index in [1.165, 1.54) is 10.6 Å². The van der Waals surface area contributed by atoms with E-state index in [4.69, 9.17) is 0 Å². The van der Waals surface area contributed by atoms with E-state index in [9.17, 15) is 9.59 Å². The Balaban J connectivity index is 1.75. The minimum atomic E-state index is -0.368. The molecule has 0 bridgehead atoms. The number of halogens is 1. The molecule has 0 saturated carbocycles. The van der Waals surface area contributed by atoms with E-state index in [1.54, 1.807) is 12.1 Å². The van der Waals surface area contributed by atoms with Crippen LogP contribution in [0.15, 0.2) is 51.9 Å². The number of aromatic nitrogens is 3. The van der Waals surface area contributed by atoms with E-state index in [2.05, 4.69) is 31.4 Å². The summed E-state index contributed by atoms with van der Waals surface area (Å²) in [6, 6.07) is 10.9. The van der Waals surface area contributed by atoms with Gasteiger partial charge in [0.15, 0.2) is 5.65 Å². The Bertz CT molecular complexity index is 851. The van der Waals surface area contributed by atoms with Crippen molar-refractivity contribution in [1.29, 1.82) is 0 Å². The quantitative estimate of drug-likeness (QED) is 0.757.